The van der Waals surface area contributed by atoms with E-state index in [9.17, 15) is 9.90 Å². The molecule has 1 heterocycles. The number of carbonyl (C=O) groups is 1. The Hall–Kier alpha value is -2.73. The Labute approximate surface area is 159 Å². The average Bonchev–Trinajstić information content (AvgIpc) is 2.65. The molecule has 27 heavy (non-hydrogen) atoms. The number of likely N-dealkylation sites (N-methyl/N-ethyl adjacent to an activating group) is 1. The predicted molar refractivity (Wildman–Crippen MR) is 101 cm³/mol. The van der Waals surface area contributed by atoms with Crippen LogP contribution in [0.2, 0.25) is 0 Å². The SMILES string of the molecule is C=CC(=O)OC1=C(OC)C=CC(N(C)C2=CC(C)(O)OC3=CCCC=C32)C1. The van der Waals surface area contributed by atoms with E-state index in [4.69, 9.17) is 14.2 Å². The minimum Gasteiger partial charge on any atom is -0.493 e. The number of aliphatic hydroxyl groups is 1. The number of hydrogen-bond acceptors (Lipinski definition) is 6. The average molecular weight is 371 g/mol. The van der Waals surface area contributed by atoms with E-state index in [0.717, 1.165) is 30.2 Å². The highest BCUT2D eigenvalue weighted by atomic mass is 16.6. The van der Waals surface area contributed by atoms with Crippen LogP contribution in [0, 0.1) is 0 Å². The fraction of sp³-hybridized carbons (Fsp3) is 0.381. The summed E-state index contributed by atoms with van der Waals surface area (Å²) in [6, 6.07) is -0.0826. The molecule has 2 atom stereocenters. The molecular weight excluding hydrogens is 346 g/mol. The van der Waals surface area contributed by atoms with Gasteiger partial charge in [0, 0.05) is 38.1 Å². The van der Waals surface area contributed by atoms with Crippen LogP contribution in [-0.4, -0.2) is 42.0 Å². The van der Waals surface area contributed by atoms with Gasteiger partial charge in [-0.15, -0.1) is 0 Å². The Morgan fingerprint density at radius 1 is 1.44 bits per heavy atom. The number of ether oxygens (including phenoxy) is 3. The maximum Gasteiger partial charge on any atom is 0.335 e. The van der Waals surface area contributed by atoms with Crippen molar-refractivity contribution in [1.82, 2.24) is 4.90 Å². The van der Waals surface area contributed by atoms with Crippen molar-refractivity contribution in [3.05, 3.63) is 71.6 Å². The Morgan fingerprint density at radius 3 is 2.89 bits per heavy atom. The van der Waals surface area contributed by atoms with E-state index in [1.54, 1.807) is 19.1 Å². The molecule has 2 aliphatic carbocycles. The van der Waals surface area contributed by atoms with Crippen LogP contribution in [0.5, 0.6) is 0 Å². The van der Waals surface area contributed by atoms with Gasteiger partial charge in [-0.25, -0.2) is 4.79 Å². The molecule has 0 fully saturated rings. The van der Waals surface area contributed by atoms with Gasteiger partial charge < -0.3 is 24.2 Å². The van der Waals surface area contributed by atoms with Crippen LogP contribution in [0.1, 0.15) is 26.2 Å². The third-order valence-electron chi connectivity index (χ3n) is 4.73. The van der Waals surface area contributed by atoms with Gasteiger partial charge in [0.1, 0.15) is 5.76 Å². The second-order valence-electron chi connectivity index (χ2n) is 6.81. The summed E-state index contributed by atoms with van der Waals surface area (Å²) in [5.41, 5.74) is 1.84. The van der Waals surface area contributed by atoms with E-state index >= 15 is 0 Å². The first kappa shape index (κ1) is 19.0. The lowest BCUT2D eigenvalue weighted by atomic mass is 9.95. The number of fused-ring (bicyclic) bond motifs is 1. The molecule has 2 unspecified atom stereocenters. The number of esters is 1. The molecule has 144 valence electrons. The van der Waals surface area contributed by atoms with Crippen LogP contribution in [0.4, 0.5) is 0 Å². The van der Waals surface area contributed by atoms with Gasteiger partial charge >= 0.3 is 5.97 Å². The summed E-state index contributed by atoms with van der Waals surface area (Å²) in [6.07, 6.45) is 13.0. The Bertz CT molecular complexity index is 797. The molecule has 6 heteroatoms. The highest BCUT2D eigenvalue weighted by Gasteiger charge is 2.35. The molecule has 0 saturated heterocycles. The number of nitrogens with zero attached hydrogens (tertiary/aromatic N) is 1. The molecule has 3 aliphatic rings. The van der Waals surface area contributed by atoms with Crippen LogP contribution in [0.3, 0.4) is 0 Å². The van der Waals surface area contributed by atoms with E-state index in [1.807, 2.05) is 24.1 Å². The lowest BCUT2D eigenvalue weighted by Gasteiger charge is -2.39. The molecule has 0 aromatic rings. The van der Waals surface area contributed by atoms with Gasteiger partial charge in [-0.3, -0.25) is 0 Å². The number of carbonyl (C=O) groups excluding carboxylic acids is 1. The second-order valence-corrected chi connectivity index (χ2v) is 6.81. The molecule has 0 radical (unpaired) electrons. The van der Waals surface area contributed by atoms with Gasteiger partial charge in [0.2, 0.25) is 5.79 Å². The van der Waals surface area contributed by atoms with Gasteiger partial charge in [-0.05, 0) is 25.0 Å². The van der Waals surface area contributed by atoms with Crippen molar-refractivity contribution < 1.29 is 24.1 Å². The molecular formula is C21H25NO5. The van der Waals surface area contributed by atoms with E-state index in [0.29, 0.717) is 23.7 Å². The van der Waals surface area contributed by atoms with Gasteiger partial charge in [0.25, 0.3) is 0 Å². The molecule has 0 spiro atoms. The molecule has 0 bridgehead atoms. The van der Waals surface area contributed by atoms with Crippen molar-refractivity contribution in [3.63, 3.8) is 0 Å². The molecule has 0 amide bonds. The van der Waals surface area contributed by atoms with Crippen LogP contribution in [0.15, 0.2) is 71.6 Å². The smallest absolute Gasteiger partial charge is 0.335 e. The number of rotatable bonds is 5. The largest absolute Gasteiger partial charge is 0.493 e. The number of methoxy groups -OCH3 is 1. The normalized spacial score (nSPS) is 26.8. The third-order valence-corrected chi connectivity index (χ3v) is 4.73. The van der Waals surface area contributed by atoms with Gasteiger partial charge in [-0.1, -0.05) is 18.7 Å². The summed E-state index contributed by atoms with van der Waals surface area (Å²) >= 11 is 0. The zero-order valence-corrected chi connectivity index (χ0v) is 15.9. The molecule has 1 N–H and O–H groups in total. The quantitative estimate of drug-likeness (QED) is 0.592. The summed E-state index contributed by atoms with van der Waals surface area (Å²) < 4.78 is 16.4. The second kappa shape index (κ2) is 7.48. The van der Waals surface area contributed by atoms with E-state index in [1.165, 1.54) is 7.11 Å². The molecule has 1 aliphatic heterocycles. The number of allylic oxidation sites excluding steroid dienone is 3. The van der Waals surface area contributed by atoms with Gasteiger partial charge in [0.05, 0.1) is 18.8 Å². The third kappa shape index (κ3) is 4.01. The molecule has 0 aromatic heterocycles. The van der Waals surface area contributed by atoms with Crippen LogP contribution >= 0.6 is 0 Å². The molecule has 0 aromatic carbocycles. The standard InChI is InChI=1S/C21H25NO5/c1-5-20(23)26-19-12-14(10-11-18(19)25-4)22(3)16-13-21(2,24)27-17-9-7-6-8-15(16)17/h5,8-11,13-14,24H,1,6-7,12H2,2-4H3. The fourth-order valence-corrected chi connectivity index (χ4v) is 3.39. The summed E-state index contributed by atoms with van der Waals surface area (Å²) in [4.78, 5) is 13.7. The van der Waals surface area contributed by atoms with Crippen LogP contribution in [-0.2, 0) is 19.0 Å². The first-order valence-corrected chi connectivity index (χ1v) is 8.92. The van der Waals surface area contributed by atoms with Crippen LogP contribution < -0.4 is 0 Å². The minimum absolute atomic E-state index is 0.0826. The van der Waals surface area contributed by atoms with Crippen LogP contribution in [0.25, 0.3) is 0 Å². The topological polar surface area (TPSA) is 68.2 Å². The summed E-state index contributed by atoms with van der Waals surface area (Å²) in [5, 5.41) is 10.5. The van der Waals surface area contributed by atoms with Gasteiger partial charge in [0.15, 0.2) is 11.5 Å². The van der Waals surface area contributed by atoms with Crippen molar-refractivity contribution in [2.45, 2.75) is 38.0 Å². The van der Waals surface area contributed by atoms with Gasteiger partial charge in [-0.2, -0.15) is 0 Å². The minimum atomic E-state index is -1.38. The van der Waals surface area contributed by atoms with Crippen molar-refractivity contribution in [2.24, 2.45) is 0 Å². The fourth-order valence-electron chi connectivity index (χ4n) is 3.39. The molecule has 0 saturated carbocycles. The van der Waals surface area contributed by atoms with Crippen molar-refractivity contribution in [2.75, 3.05) is 14.2 Å². The first-order chi connectivity index (χ1) is 12.8. The Morgan fingerprint density at radius 2 is 2.19 bits per heavy atom. The van der Waals surface area contributed by atoms with E-state index in [2.05, 4.69) is 12.7 Å². The van der Waals surface area contributed by atoms with Crippen molar-refractivity contribution in [3.8, 4) is 0 Å². The summed E-state index contributed by atoms with van der Waals surface area (Å²) in [6.45, 7) is 5.05. The highest BCUT2D eigenvalue weighted by molar-refractivity contribution is 5.82. The number of hydrogen-bond donors (Lipinski definition) is 1. The highest BCUT2D eigenvalue weighted by Crippen LogP contribution is 2.38. The lowest BCUT2D eigenvalue weighted by molar-refractivity contribution is -0.134. The van der Waals surface area contributed by atoms with E-state index < -0.39 is 11.8 Å². The maximum absolute atomic E-state index is 11.6. The Balaban J connectivity index is 1.87. The zero-order chi connectivity index (χ0) is 19.6. The van der Waals surface area contributed by atoms with Crippen molar-refractivity contribution in [1.29, 1.82) is 0 Å². The maximum atomic E-state index is 11.6. The van der Waals surface area contributed by atoms with Crippen molar-refractivity contribution >= 4 is 5.97 Å². The van der Waals surface area contributed by atoms with E-state index in [-0.39, 0.29) is 6.04 Å². The first-order valence-electron chi connectivity index (χ1n) is 8.92. The summed E-state index contributed by atoms with van der Waals surface area (Å²) in [5.74, 6) is -0.241. The molecule has 6 nitrogen and oxygen atoms in total. The summed E-state index contributed by atoms with van der Waals surface area (Å²) in [7, 11) is 3.48. The molecule has 3 rings (SSSR count). The predicted octanol–water partition coefficient (Wildman–Crippen LogP) is 3.06. The Kier molecular flexibility index (Phi) is 5.28. The monoisotopic (exact) mass is 371 g/mol. The zero-order valence-electron chi connectivity index (χ0n) is 15.9. The lowest BCUT2D eigenvalue weighted by Crippen LogP contribution is -2.39.